The van der Waals surface area contributed by atoms with Gasteiger partial charge in [0.2, 0.25) is 15.9 Å². The number of ether oxygens (including phenoxy) is 2. The smallest absolute Gasteiger partial charge is 0.421 e. The van der Waals surface area contributed by atoms with Crippen molar-refractivity contribution in [3.05, 3.63) is 53.7 Å². The highest BCUT2D eigenvalue weighted by Gasteiger charge is 2.41. The molecule has 0 saturated carbocycles. The second kappa shape index (κ2) is 7.40. The lowest BCUT2D eigenvalue weighted by Gasteiger charge is -2.37. The Morgan fingerprint density at radius 3 is 2.39 bits per heavy atom. The Kier molecular flexibility index (Phi) is 5.31. The van der Waals surface area contributed by atoms with Crippen molar-refractivity contribution in [1.82, 2.24) is 9.29 Å². The van der Waals surface area contributed by atoms with E-state index in [1.165, 1.54) is 37.6 Å². The second-order valence-corrected chi connectivity index (χ2v) is 7.87. The second-order valence-electron chi connectivity index (χ2n) is 5.93. The summed E-state index contributed by atoms with van der Waals surface area (Å²) in [6.07, 6.45) is -4.21. The Labute approximate surface area is 158 Å². The van der Waals surface area contributed by atoms with E-state index in [1.54, 1.807) is 0 Å². The molecule has 2 aromatic rings. The van der Waals surface area contributed by atoms with Crippen molar-refractivity contribution in [3.8, 4) is 5.88 Å². The lowest BCUT2D eigenvalue weighted by Crippen LogP contribution is -2.56. The SMILES string of the molecule is COC(=O)c1ccc(S(=O)(=O)N2CC(Oc3ncccc3C(F)(F)F)C2)cc1. The summed E-state index contributed by atoms with van der Waals surface area (Å²) in [5.41, 5.74) is -0.823. The topological polar surface area (TPSA) is 85.8 Å². The molecular formula is C17H15F3N2O5S. The van der Waals surface area contributed by atoms with Gasteiger partial charge in [0.15, 0.2) is 0 Å². The van der Waals surface area contributed by atoms with Gasteiger partial charge in [-0.1, -0.05) is 0 Å². The fraction of sp³-hybridized carbons (Fsp3) is 0.294. The van der Waals surface area contributed by atoms with E-state index in [-0.39, 0.29) is 23.5 Å². The molecule has 7 nitrogen and oxygen atoms in total. The van der Waals surface area contributed by atoms with Crippen molar-refractivity contribution in [1.29, 1.82) is 0 Å². The van der Waals surface area contributed by atoms with Crippen LogP contribution in [0.25, 0.3) is 0 Å². The summed E-state index contributed by atoms with van der Waals surface area (Å²) in [5, 5.41) is 0. The number of halogens is 3. The predicted octanol–water partition coefficient (Wildman–Crippen LogP) is 2.34. The fourth-order valence-electron chi connectivity index (χ4n) is 2.56. The third-order valence-electron chi connectivity index (χ3n) is 4.08. The van der Waals surface area contributed by atoms with Crippen LogP contribution in [0, 0.1) is 0 Å². The van der Waals surface area contributed by atoms with Gasteiger partial charge in [0.1, 0.15) is 11.7 Å². The molecule has 150 valence electrons. The summed E-state index contributed by atoms with van der Waals surface area (Å²) >= 11 is 0. The van der Waals surface area contributed by atoms with Gasteiger partial charge in [-0.15, -0.1) is 0 Å². The van der Waals surface area contributed by atoms with Crippen LogP contribution in [0.4, 0.5) is 13.2 Å². The standard InChI is InChI=1S/C17H15F3N2O5S/c1-26-16(23)11-4-6-13(7-5-11)28(24,25)22-9-12(10-22)27-15-14(17(18,19)20)3-2-8-21-15/h2-8,12H,9-10H2,1H3. The molecule has 0 amide bonds. The molecule has 1 aliphatic heterocycles. The lowest BCUT2D eigenvalue weighted by atomic mass is 10.2. The van der Waals surface area contributed by atoms with Crippen LogP contribution in [0.15, 0.2) is 47.5 Å². The number of pyridine rings is 1. The van der Waals surface area contributed by atoms with Crippen LogP contribution in [0.1, 0.15) is 15.9 Å². The number of hydrogen-bond donors (Lipinski definition) is 0. The maximum absolute atomic E-state index is 13.0. The van der Waals surface area contributed by atoms with Crippen LogP contribution in [-0.4, -0.2) is 50.0 Å². The minimum atomic E-state index is -4.62. The molecule has 0 aliphatic carbocycles. The van der Waals surface area contributed by atoms with Gasteiger partial charge in [-0.25, -0.2) is 18.2 Å². The van der Waals surface area contributed by atoms with Gasteiger partial charge in [0.05, 0.1) is 30.7 Å². The molecule has 0 unspecified atom stereocenters. The van der Waals surface area contributed by atoms with Crippen molar-refractivity contribution in [2.75, 3.05) is 20.2 Å². The van der Waals surface area contributed by atoms with Crippen LogP contribution < -0.4 is 4.74 Å². The largest absolute Gasteiger partial charge is 0.471 e. The van der Waals surface area contributed by atoms with Crippen molar-refractivity contribution < 1.29 is 35.9 Å². The molecule has 1 saturated heterocycles. The number of hydrogen-bond acceptors (Lipinski definition) is 6. The molecule has 0 atom stereocenters. The fourth-order valence-corrected chi connectivity index (χ4v) is 4.06. The highest BCUT2D eigenvalue weighted by molar-refractivity contribution is 7.89. The number of esters is 1. The number of carbonyl (C=O) groups excluding carboxylic acids is 1. The number of nitrogens with zero attached hydrogens (tertiary/aromatic N) is 2. The Balaban J connectivity index is 1.67. The molecule has 3 rings (SSSR count). The first-order valence-electron chi connectivity index (χ1n) is 8.00. The number of sulfonamides is 1. The number of methoxy groups -OCH3 is 1. The molecule has 0 spiro atoms. The van der Waals surface area contributed by atoms with E-state index in [0.29, 0.717) is 0 Å². The van der Waals surface area contributed by atoms with E-state index in [1.807, 2.05) is 0 Å². The molecule has 0 bridgehead atoms. The average Bonchev–Trinajstić information content (AvgIpc) is 2.63. The summed E-state index contributed by atoms with van der Waals surface area (Å²) in [6.45, 7) is -0.232. The monoisotopic (exact) mass is 416 g/mol. The lowest BCUT2D eigenvalue weighted by molar-refractivity contribution is -0.140. The highest BCUT2D eigenvalue weighted by Crippen LogP contribution is 2.36. The van der Waals surface area contributed by atoms with E-state index in [2.05, 4.69) is 9.72 Å². The van der Waals surface area contributed by atoms with Gasteiger partial charge >= 0.3 is 12.1 Å². The van der Waals surface area contributed by atoms with Gasteiger partial charge in [-0.2, -0.15) is 17.5 Å². The van der Waals surface area contributed by atoms with Crippen molar-refractivity contribution >= 4 is 16.0 Å². The number of carbonyl (C=O) groups is 1. The molecule has 0 N–H and O–H groups in total. The normalized spacial score (nSPS) is 15.7. The van der Waals surface area contributed by atoms with Crippen LogP contribution in [0.3, 0.4) is 0 Å². The summed E-state index contributed by atoms with van der Waals surface area (Å²) in [6, 6.07) is 7.14. The van der Waals surface area contributed by atoms with Gasteiger partial charge < -0.3 is 9.47 Å². The average molecular weight is 416 g/mol. The molecule has 1 aliphatic rings. The van der Waals surface area contributed by atoms with Crippen LogP contribution in [-0.2, 0) is 20.9 Å². The zero-order valence-corrected chi connectivity index (χ0v) is 15.3. The summed E-state index contributed by atoms with van der Waals surface area (Å²) in [7, 11) is -2.65. The third kappa shape index (κ3) is 3.94. The maximum atomic E-state index is 13.0. The Hall–Kier alpha value is -2.66. The Morgan fingerprint density at radius 2 is 1.82 bits per heavy atom. The number of benzene rings is 1. The van der Waals surface area contributed by atoms with E-state index in [0.717, 1.165) is 16.4 Å². The maximum Gasteiger partial charge on any atom is 0.421 e. The zero-order chi connectivity index (χ0) is 20.5. The number of aromatic nitrogens is 1. The molecule has 11 heteroatoms. The Morgan fingerprint density at radius 1 is 1.18 bits per heavy atom. The predicted molar refractivity (Wildman–Crippen MR) is 90.2 cm³/mol. The highest BCUT2D eigenvalue weighted by atomic mass is 32.2. The van der Waals surface area contributed by atoms with E-state index < -0.39 is 39.7 Å². The molecule has 2 heterocycles. The quantitative estimate of drug-likeness (QED) is 0.696. The number of alkyl halides is 3. The van der Waals surface area contributed by atoms with Crippen LogP contribution in [0.5, 0.6) is 5.88 Å². The molecule has 0 radical (unpaired) electrons. The van der Waals surface area contributed by atoms with Gasteiger partial charge in [-0.05, 0) is 36.4 Å². The molecule has 28 heavy (non-hydrogen) atoms. The van der Waals surface area contributed by atoms with Crippen molar-refractivity contribution in [2.24, 2.45) is 0 Å². The molecule has 1 aromatic carbocycles. The molecule has 1 fully saturated rings. The summed E-state index contributed by atoms with van der Waals surface area (Å²) in [4.78, 5) is 14.9. The third-order valence-corrected chi connectivity index (χ3v) is 5.93. The van der Waals surface area contributed by atoms with E-state index in [9.17, 15) is 26.4 Å². The van der Waals surface area contributed by atoms with Crippen LogP contribution >= 0.6 is 0 Å². The Bertz CT molecular complexity index is 971. The molecule has 1 aromatic heterocycles. The van der Waals surface area contributed by atoms with Crippen LogP contribution in [0.2, 0.25) is 0 Å². The molecular weight excluding hydrogens is 401 g/mol. The first kappa shape index (κ1) is 20.1. The zero-order valence-electron chi connectivity index (χ0n) is 14.5. The number of rotatable bonds is 5. The van der Waals surface area contributed by atoms with Crippen molar-refractivity contribution in [3.63, 3.8) is 0 Å². The van der Waals surface area contributed by atoms with E-state index >= 15 is 0 Å². The first-order valence-corrected chi connectivity index (χ1v) is 9.44. The minimum absolute atomic E-state index is 0.0487. The minimum Gasteiger partial charge on any atom is -0.471 e. The first-order chi connectivity index (χ1) is 13.1. The van der Waals surface area contributed by atoms with Gasteiger partial charge in [0, 0.05) is 6.20 Å². The van der Waals surface area contributed by atoms with Crippen molar-refractivity contribution in [2.45, 2.75) is 17.2 Å². The summed E-state index contributed by atoms with van der Waals surface area (Å²) < 4.78 is 74.8. The van der Waals surface area contributed by atoms with Gasteiger partial charge in [-0.3, -0.25) is 0 Å². The summed E-state index contributed by atoms with van der Waals surface area (Å²) in [5.74, 6) is -1.18. The van der Waals surface area contributed by atoms with E-state index in [4.69, 9.17) is 4.74 Å². The van der Waals surface area contributed by atoms with Gasteiger partial charge in [0.25, 0.3) is 0 Å².